The first kappa shape index (κ1) is 11.1. The van der Waals surface area contributed by atoms with Crippen molar-refractivity contribution in [2.24, 2.45) is 0 Å². The summed E-state index contributed by atoms with van der Waals surface area (Å²) in [5.41, 5.74) is 0.835. The monoisotopic (exact) mass is 260 g/mol. The third-order valence-corrected chi connectivity index (χ3v) is 2.49. The van der Waals surface area contributed by atoms with Crippen molar-refractivity contribution in [3.8, 4) is 6.07 Å². The summed E-state index contributed by atoms with van der Waals surface area (Å²) in [6.07, 6.45) is -2.64. The number of hydrogen-bond acceptors (Lipinski definition) is 2. The predicted octanol–water partition coefficient (Wildman–Crippen LogP) is 3.09. The molecule has 0 amide bonds. The molecule has 1 rings (SSSR count). The zero-order valence-corrected chi connectivity index (χ0v) is 8.98. The lowest BCUT2D eigenvalue weighted by molar-refractivity contribution is 0.145. The van der Waals surface area contributed by atoms with Gasteiger partial charge < -0.3 is 0 Å². The first-order valence-electron chi connectivity index (χ1n) is 3.84. The second-order valence-electron chi connectivity index (χ2n) is 2.72. The molecular weight excluding hydrogens is 254 g/mol. The van der Waals surface area contributed by atoms with Crippen molar-refractivity contribution in [1.29, 1.82) is 5.26 Å². The lowest BCUT2D eigenvalue weighted by atomic mass is 10.1. The van der Waals surface area contributed by atoms with E-state index in [1.54, 1.807) is 13.0 Å². The predicted molar refractivity (Wildman–Crippen MR) is 51.3 cm³/mol. The summed E-state index contributed by atoms with van der Waals surface area (Å²) in [5, 5.41) is 9.02. The van der Waals surface area contributed by atoms with Crippen molar-refractivity contribution in [2.45, 2.75) is 18.7 Å². The molecule has 0 bridgehead atoms. The summed E-state index contributed by atoms with van der Waals surface area (Å²) in [5.74, 6) is 0. The first-order chi connectivity index (χ1) is 6.60. The SMILES string of the molecule is Cc1c(CBr)cc(C#N)nc1C(F)F. The highest BCUT2D eigenvalue weighted by atomic mass is 79.9. The molecular formula is C9H7BrF2N2. The van der Waals surface area contributed by atoms with E-state index >= 15 is 0 Å². The van der Waals surface area contributed by atoms with E-state index in [2.05, 4.69) is 20.9 Å². The van der Waals surface area contributed by atoms with Gasteiger partial charge in [0.2, 0.25) is 0 Å². The summed E-state index contributed by atoms with van der Waals surface area (Å²) in [7, 11) is 0. The molecule has 0 fully saturated rings. The summed E-state index contributed by atoms with van der Waals surface area (Å²) < 4.78 is 24.9. The molecule has 0 aromatic carbocycles. The number of alkyl halides is 3. The number of nitriles is 1. The van der Waals surface area contributed by atoms with Gasteiger partial charge in [-0.15, -0.1) is 0 Å². The van der Waals surface area contributed by atoms with E-state index in [9.17, 15) is 8.78 Å². The number of halogens is 3. The minimum atomic E-state index is -2.64. The number of aromatic nitrogens is 1. The van der Waals surface area contributed by atoms with Gasteiger partial charge in [0.25, 0.3) is 6.43 Å². The van der Waals surface area contributed by atoms with Gasteiger partial charge in [-0.05, 0) is 24.1 Å². The number of nitrogens with zero attached hydrogens (tertiary/aromatic N) is 2. The number of pyridine rings is 1. The third kappa shape index (κ3) is 2.07. The number of rotatable bonds is 2. The summed E-state index contributed by atoms with van der Waals surface area (Å²) in [6.45, 7) is 1.58. The average Bonchev–Trinajstić information content (AvgIpc) is 2.17. The minimum absolute atomic E-state index is 0.0281. The zero-order valence-electron chi connectivity index (χ0n) is 7.39. The molecule has 0 saturated heterocycles. The van der Waals surface area contributed by atoms with Gasteiger partial charge in [0.1, 0.15) is 17.5 Å². The Morgan fingerprint density at radius 2 is 2.29 bits per heavy atom. The summed E-state index contributed by atoms with van der Waals surface area (Å²) in [4.78, 5) is 3.57. The van der Waals surface area contributed by atoms with Crippen LogP contribution < -0.4 is 0 Å². The van der Waals surface area contributed by atoms with Crippen LogP contribution in [0.4, 0.5) is 8.78 Å². The quantitative estimate of drug-likeness (QED) is 0.767. The van der Waals surface area contributed by atoms with E-state index in [0.717, 1.165) is 0 Å². The normalized spacial score (nSPS) is 10.3. The Balaban J connectivity index is 3.36. The van der Waals surface area contributed by atoms with Gasteiger partial charge in [0.15, 0.2) is 0 Å². The van der Waals surface area contributed by atoms with Crippen LogP contribution in [0.3, 0.4) is 0 Å². The maximum atomic E-state index is 12.5. The Morgan fingerprint density at radius 1 is 1.64 bits per heavy atom. The van der Waals surface area contributed by atoms with Crippen LogP contribution in [0.25, 0.3) is 0 Å². The molecule has 0 spiro atoms. The van der Waals surface area contributed by atoms with Crippen LogP contribution in [0.5, 0.6) is 0 Å². The molecule has 5 heteroatoms. The Kier molecular flexibility index (Phi) is 3.53. The van der Waals surface area contributed by atoms with E-state index in [-0.39, 0.29) is 11.4 Å². The maximum Gasteiger partial charge on any atom is 0.280 e. The van der Waals surface area contributed by atoms with Gasteiger partial charge in [-0.3, -0.25) is 0 Å². The highest BCUT2D eigenvalue weighted by molar-refractivity contribution is 9.08. The van der Waals surface area contributed by atoms with Gasteiger partial charge in [-0.1, -0.05) is 15.9 Å². The molecule has 0 unspecified atom stereocenters. The molecule has 0 aliphatic heterocycles. The Labute approximate surface area is 88.7 Å². The molecule has 0 N–H and O–H groups in total. The summed E-state index contributed by atoms with van der Waals surface area (Å²) in [6, 6.07) is 3.27. The van der Waals surface area contributed by atoms with Crippen molar-refractivity contribution in [2.75, 3.05) is 0 Å². The third-order valence-electron chi connectivity index (χ3n) is 1.88. The maximum absolute atomic E-state index is 12.5. The van der Waals surface area contributed by atoms with Crippen molar-refractivity contribution in [3.05, 3.63) is 28.6 Å². The largest absolute Gasteiger partial charge is 0.280 e. The molecule has 0 aliphatic rings. The van der Waals surface area contributed by atoms with Crippen molar-refractivity contribution < 1.29 is 8.78 Å². The van der Waals surface area contributed by atoms with Crippen LogP contribution in [-0.2, 0) is 5.33 Å². The van der Waals surface area contributed by atoms with Crippen LogP contribution in [-0.4, -0.2) is 4.98 Å². The molecule has 74 valence electrons. The standard InChI is InChI=1S/C9H7BrF2N2/c1-5-6(3-10)2-7(4-13)14-8(5)9(11)12/h2,9H,3H2,1H3. The van der Waals surface area contributed by atoms with E-state index < -0.39 is 6.43 Å². The minimum Gasteiger partial charge on any atom is -0.236 e. The van der Waals surface area contributed by atoms with Crippen molar-refractivity contribution in [1.82, 2.24) is 4.98 Å². The second kappa shape index (κ2) is 4.47. The average molecular weight is 261 g/mol. The van der Waals surface area contributed by atoms with Crippen LogP contribution in [0.2, 0.25) is 0 Å². The number of hydrogen-bond donors (Lipinski definition) is 0. The topological polar surface area (TPSA) is 36.7 Å². The molecule has 1 aromatic heterocycles. The second-order valence-corrected chi connectivity index (χ2v) is 3.28. The van der Waals surface area contributed by atoms with Gasteiger partial charge in [0, 0.05) is 5.33 Å². The molecule has 2 nitrogen and oxygen atoms in total. The van der Waals surface area contributed by atoms with E-state index in [1.807, 2.05) is 0 Å². The van der Waals surface area contributed by atoms with Gasteiger partial charge >= 0.3 is 0 Å². The Bertz CT molecular complexity index is 385. The van der Waals surface area contributed by atoms with E-state index in [4.69, 9.17) is 5.26 Å². The van der Waals surface area contributed by atoms with Gasteiger partial charge in [-0.25, -0.2) is 13.8 Å². The molecule has 0 atom stereocenters. The fraction of sp³-hybridized carbons (Fsp3) is 0.333. The molecule has 0 aliphatic carbocycles. The smallest absolute Gasteiger partial charge is 0.236 e. The fourth-order valence-electron chi connectivity index (χ4n) is 1.09. The van der Waals surface area contributed by atoms with Crippen LogP contribution in [0.1, 0.15) is 28.9 Å². The van der Waals surface area contributed by atoms with Crippen LogP contribution in [0.15, 0.2) is 6.07 Å². The Morgan fingerprint density at radius 3 is 2.71 bits per heavy atom. The van der Waals surface area contributed by atoms with Crippen LogP contribution >= 0.6 is 15.9 Å². The lowest BCUT2D eigenvalue weighted by Crippen LogP contribution is -2.01. The zero-order chi connectivity index (χ0) is 10.7. The molecule has 0 radical (unpaired) electrons. The van der Waals surface area contributed by atoms with Crippen LogP contribution in [0, 0.1) is 18.3 Å². The molecule has 1 aromatic rings. The first-order valence-corrected chi connectivity index (χ1v) is 4.97. The van der Waals surface area contributed by atoms with E-state index in [0.29, 0.717) is 16.5 Å². The highest BCUT2D eigenvalue weighted by Crippen LogP contribution is 2.24. The van der Waals surface area contributed by atoms with Crippen molar-refractivity contribution >= 4 is 15.9 Å². The summed E-state index contributed by atoms with van der Waals surface area (Å²) >= 11 is 3.17. The van der Waals surface area contributed by atoms with E-state index in [1.165, 1.54) is 6.07 Å². The molecule has 14 heavy (non-hydrogen) atoms. The van der Waals surface area contributed by atoms with Gasteiger partial charge in [0.05, 0.1) is 0 Å². The lowest BCUT2D eigenvalue weighted by Gasteiger charge is -2.08. The van der Waals surface area contributed by atoms with Gasteiger partial charge in [-0.2, -0.15) is 5.26 Å². The van der Waals surface area contributed by atoms with Crippen molar-refractivity contribution in [3.63, 3.8) is 0 Å². The Hall–Kier alpha value is -1.02. The molecule has 0 saturated carbocycles. The fourth-order valence-corrected chi connectivity index (χ4v) is 1.67. The molecule has 1 heterocycles. The highest BCUT2D eigenvalue weighted by Gasteiger charge is 2.16.